The van der Waals surface area contributed by atoms with Gasteiger partial charge < -0.3 is 10.8 Å². The lowest BCUT2D eigenvalue weighted by Gasteiger charge is -2.26. The van der Waals surface area contributed by atoms with Gasteiger partial charge in [-0.3, -0.25) is 0 Å². The van der Waals surface area contributed by atoms with Crippen molar-refractivity contribution in [1.29, 1.82) is 0 Å². The molecular formula is C31H53NO. The Bertz CT molecular complexity index is 722. The molecular weight excluding hydrogens is 402 g/mol. The molecule has 0 saturated heterocycles. The normalized spacial score (nSPS) is 20.2. The van der Waals surface area contributed by atoms with Gasteiger partial charge >= 0.3 is 0 Å². The summed E-state index contributed by atoms with van der Waals surface area (Å²) in [5, 5.41) is 7.00. The van der Waals surface area contributed by atoms with E-state index in [1.165, 1.54) is 62.5 Å². The molecule has 3 atom stereocenters. The second-order valence-electron chi connectivity index (χ2n) is 8.80. The third-order valence-corrected chi connectivity index (χ3v) is 6.15. The Kier molecular flexibility index (Phi) is 17.8. The predicted molar refractivity (Wildman–Crippen MR) is 148 cm³/mol. The van der Waals surface area contributed by atoms with Crippen LogP contribution in [-0.2, 0) is 19.3 Å². The molecule has 2 aliphatic rings. The van der Waals surface area contributed by atoms with Crippen molar-refractivity contribution >= 4 is 0 Å². The van der Waals surface area contributed by atoms with Gasteiger partial charge in [-0.05, 0) is 86.0 Å². The van der Waals surface area contributed by atoms with Gasteiger partial charge in [0.2, 0.25) is 0 Å². The van der Waals surface area contributed by atoms with E-state index in [9.17, 15) is 0 Å². The van der Waals surface area contributed by atoms with Crippen LogP contribution in [0.4, 0.5) is 0 Å². The molecule has 2 aromatic carbocycles. The van der Waals surface area contributed by atoms with Crippen molar-refractivity contribution in [2.24, 2.45) is 11.7 Å². The quantitative estimate of drug-likeness (QED) is 0.492. The molecule has 0 amide bonds. The number of aryl methyl sites for hydroxylation is 2. The maximum atomic E-state index is 7.00. The molecule has 2 aliphatic carbocycles. The van der Waals surface area contributed by atoms with E-state index in [-0.39, 0.29) is 0 Å². The molecule has 1 saturated carbocycles. The maximum Gasteiger partial charge on any atom is 0.0319 e. The van der Waals surface area contributed by atoms with Crippen molar-refractivity contribution in [3.63, 3.8) is 0 Å². The van der Waals surface area contributed by atoms with Crippen molar-refractivity contribution in [1.82, 2.24) is 0 Å². The SMILES string of the molecule is CC.CC.CCC.CO.Cc1ccc(CC2CCc3cc(C4CCC(N)C4)ccc3C2)cc1. The predicted octanol–water partition coefficient (Wildman–Crippen LogP) is 8.01. The van der Waals surface area contributed by atoms with Crippen LogP contribution in [0.25, 0.3) is 0 Å². The van der Waals surface area contributed by atoms with Gasteiger partial charge in [0, 0.05) is 13.2 Å². The van der Waals surface area contributed by atoms with Gasteiger partial charge in [-0.25, -0.2) is 0 Å². The molecule has 0 radical (unpaired) electrons. The van der Waals surface area contributed by atoms with Crippen LogP contribution in [0.2, 0.25) is 0 Å². The largest absolute Gasteiger partial charge is 0.400 e. The van der Waals surface area contributed by atoms with E-state index in [1.807, 2.05) is 27.7 Å². The molecule has 0 spiro atoms. The molecule has 0 aromatic heterocycles. The summed E-state index contributed by atoms with van der Waals surface area (Å²) in [5.74, 6) is 1.50. The second kappa shape index (κ2) is 18.7. The highest BCUT2D eigenvalue weighted by molar-refractivity contribution is 5.36. The molecule has 1 fully saturated rings. The lowest BCUT2D eigenvalue weighted by molar-refractivity contribution is 0.399. The Hall–Kier alpha value is -1.64. The molecule has 33 heavy (non-hydrogen) atoms. The number of nitrogens with two attached hydrogens (primary N) is 1. The Morgan fingerprint density at radius 3 is 2.00 bits per heavy atom. The van der Waals surface area contributed by atoms with E-state index < -0.39 is 0 Å². The Morgan fingerprint density at radius 2 is 1.45 bits per heavy atom. The number of fused-ring (bicyclic) bond motifs is 1. The van der Waals surface area contributed by atoms with Crippen LogP contribution in [0, 0.1) is 12.8 Å². The van der Waals surface area contributed by atoms with E-state index >= 15 is 0 Å². The zero-order valence-corrected chi connectivity index (χ0v) is 23.0. The Balaban J connectivity index is 0.00000101. The lowest BCUT2D eigenvalue weighted by Crippen LogP contribution is -2.17. The Labute approximate surface area is 206 Å². The number of hydrogen-bond donors (Lipinski definition) is 2. The fraction of sp³-hybridized carbons (Fsp3) is 0.613. The van der Waals surface area contributed by atoms with Crippen LogP contribution in [0.15, 0.2) is 42.5 Å². The molecule has 4 rings (SSSR count). The smallest absolute Gasteiger partial charge is 0.0319 e. The first-order valence-electron chi connectivity index (χ1n) is 13.5. The van der Waals surface area contributed by atoms with E-state index in [2.05, 4.69) is 63.2 Å². The maximum absolute atomic E-state index is 7.00. The summed E-state index contributed by atoms with van der Waals surface area (Å²) in [6.45, 7) is 14.4. The summed E-state index contributed by atoms with van der Waals surface area (Å²) >= 11 is 0. The average molecular weight is 456 g/mol. The van der Waals surface area contributed by atoms with Gasteiger partial charge in [-0.15, -0.1) is 0 Å². The van der Waals surface area contributed by atoms with Crippen molar-refractivity contribution in [2.75, 3.05) is 7.11 Å². The van der Waals surface area contributed by atoms with Gasteiger partial charge in [-0.2, -0.15) is 0 Å². The van der Waals surface area contributed by atoms with Gasteiger partial charge in [0.1, 0.15) is 0 Å². The summed E-state index contributed by atoms with van der Waals surface area (Å²) in [4.78, 5) is 0. The van der Waals surface area contributed by atoms with Crippen LogP contribution in [-0.4, -0.2) is 18.3 Å². The van der Waals surface area contributed by atoms with Crippen LogP contribution in [0.1, 0.15) is 107 Å². The number of benzene rings is 2. The van der Waals surface area contributed by atoms with Crippen LogP contribution in [0.3, 0.4) is 0 Å². The van der Waals surface area contributed by atoms with E-state index in [0.29, 0.717) is 12.0 Å². The van der Waals surface area contributed by atoms with Crippen LogP contribution >= 0.6 is 0 Å². The highest BCUT2D eigenvalue weighted by Crippen LogP contribution is 2.36. The summed E-state index contributed by atoms with van der Waals surface area (Å²) in [6.07, 6.45) is 9.94. The number of hydrogen-bond acceptors (Lipinski definition) is 2. The van der Waals surface area contributed by atoms with Gasteiger partial charge in [-0.1, -0.05) is 96.0 Å². The van der Waals surface area contributed by atoms with E-state index in [4.69, 9.17) is 10.8 Å². The third kappa shape index (κ3) is 10.9. The topological polar surface area (TPSA) is 46.2 Å². The first-order valence-corrected chi connectivity index (χ1v) is 13.5. The number of rotatable bonds is 3. The first kappa shape index (κ1) is 31.4. The number of aliphatic hydroxyl groups is 1. The fourth-order valence-corrected chi connectivity index (χ4v) is 4.66. The lowest BCUT2D eigenvalue weighted by atomic mass is 9.79. The van der Waals surface area contributed by atoms with E-state index in [0.717, 1.165) is 13.0 Å². The summed E-state index contributed by atoms with van der Waals surface area (Å²) in [7, 11) is 1.00. The highest BCUT2D eigenvalue weighted by atomic mass is 16.2. The third-order valence-electron chi connectivity index (χ3n) is 6.15. The van der Waals surface area contributed by atoms with Crippen molar-refractivity contribution in [2.45, 2.75) is 112 Å². The zero-order chi connectivity index (χ0) is 25.2. The number of aliphatic hydroxyl groups excluding tert-OH is 1. The molecule has 0 aliphatic heterocycles. The minimum absolute atomic E-state index is 0.421. The molecule has 3 unspecified atom stereocenters. The zero-order valence-electron chi connectivity index (χ0n) is 23.0. The first-order chi connectivity index (χ1) is 16.1. The van der Waals surface area contributed by atoms with Gasteiger partial charge in [0.05, 0.1) is 0 Å². The summed E-state index contributed by atoms with van der Waals surface area (Å²) < 4.78 is 0. The monoisotopic (exact) mass is 455 g/mol. The molecule has 0 heterocycles. The van der Waals surface area contributed by atoms with Crippen LogP contribution in [0.5, 0.6) is 0 Å². The summed E-state index contributed by atoms with van der Waals surface area (Å²) in [6, 6.07) is 16.8. The fourth-order valence-electron chi connectivity index (χ4n) is 4.66. The minimum atomic E-state index is 0.421. The van der Waals surface area contributed by atoms with E-state index in [1.54, 1.807) is 16.7 Å². The van der Waals surface area contributed by atoms with Crippen molar-refractivity contribution in [3.8, 4) is 0 Å². The highest BCUT2D eigenvalue weighted by Gasteiger charge is 2.25. The molecule has 2 nitrogen and oxygen atoms in total. The van der Waals surface area contributed by atoms with Crippen molar-refractivity contribution in [3.05, 3.63) is 70.3 Å². The molecule has 2 heteroatoms. The summed E-state index contributed by atoms with van der Waals surface area (Å²) in [5.41, 5.74) is 13.7. The Morgan fingerprint density at radius 1 is 0.848 bits per heavy atom. The minimum Gasteiger partial charge on any atom is -0.400 e. The standard InChI is InChI=1S/C23H29N.C3H8.2C2H6.CH4O/c1-16-2-4-17(5-3-16)12-18-6-7-20-14-21(9-8-19(20)13-18)22-10-11-23(24)15-22;1-3-2;3*1-2/h2-5,8-9,14,18,22-23H,6-7,10-13,15,24H2,1H3;3H2,1-2H3;2*1-2H3;2H,1H3. The molecule has 3 N–H and O–H groups in total. The molecule has 0 bridgehead atoms. The van der Waals surface area contributed by atoms with Crippen LogP contribution < -0.4 is 5.73 Å². The molecule has 2 aromatic rings. The average Bonchev–Trinajstić information content (AvgIpc) is 3.31. The molecule has 188 valence electrons. The second-order valence-corrected chi connectivity index (χ2v) is 8.80. The van der Waals surface area contributed by atoms with Gasteiger partial charge in [0.25, 0.3) is 0 Å². The van der Waals surface area contributed by atoms with Gasteiger partial charge in [0.15, 0.2) is 0 Å². The van der Waals surface area contributed by atoms with Crippen molar-refractivity contribution < 1.29 is 5.11 Å².